The van der Waals surface area contributed by atoms with Gasteiger partial charge in [-0.25, -0.2) is 0 Å². The highest BCUT2D eigenvalue weighted by molar-refractivity contribution is 5.78. The Hall–Kier alpha value is -2.44. The van der Waals surface area contributed by atoms with Gasteiger partial charge in [0.25, 0.3) is 0 Å². The molecule has 1 amide bonds. The average Bonchev–Trinajstić information content (AvgIpc) is 3.01. The summed E-state index contributed by atoms with van der Waals surface area (Å²) in [7, 11) is 0. The maximum atomic E-state index is 13.1. The fraction of sp³-hybridized carbons (Fsp3) is 0.895. The van der Waals surface area contributed by atoms with Gasteiger partial charge < -0.3 is 39.5 Å². The number of esters is 3. The summed E-state index contributed by atoms with van der Waals surface area (Å²) < 4.78 is 33.4. The first kappa shape index (κ1) is 49.6. The maximum absolute atomic E-state index is 13.1. The zero-order valence-corrected chi connectivity index (χ0v) is 35.0. The second-order valence-corrected chi connectivity index (χ2v) is 16.5. The lowest BCUT2D eigenvalue weighted by Gasteiger charge is -2.34. The van der Waals surface area contributed by atoms with Gasteiger partial charge >= 0.3 is 17.9 Å². The number of carbonyl (C=O) groups excluding carboxylic acids is 4. The molecular weight excluding hydrogens is 700 g/mol. The SMILES string of the molecule is CC(C)(C)OC(=O)CN1CCN(CC(=O)NCCCOCCOCCOCCCN)CCN(CC(=O)OC(C)(C)C)CCN(CC(=O)OC(C)(C)C)CC1. The lowest BCUT2D eigenvalue weighted by molar-refractivity contribution is -0.158. The van der Waals surface area contributed by atoms with E-state index in [1.807, 2.05) is 81.9 Å². The highest BCUT2D eigenvalue weighted by Gasteiger charge is 2.26. The Morgan fingerprint density at radius 1 is 0.481 bits per heavy atom. The van der Waals surface area contributed by atoms with Gasteiger partial charge in [-0.05, 0) is 81.7 Å². The monoisotopic (exact) mass is 775 g/mol. The number of nitrogens with zero attached hydrogens (tertiary/aromatic N) is 4. The molecular formula is C38H74N6O10. The average molecular weight is 775 g/mol. The van der Waals surface area contributed by atoms with Crippen LogP contribution >= 0.6 is 0 Å². The van der Waals surface area contributed by atoms with Gasteiger partial charge in [0.2, 0.25) is 5.91 Å². The van der Waals surface area contributed by atoms with E-state index < -0.39 is 16.8 Å². The van der Waals surface area contributed by atoms with Crippen LogP contribution in [0.4, 0.5) is 0 Å². The van der Waals surface area contributed by atoms with Crippen LogP contribution in [0.25, 0.3) is 0 Å². The summed E-state index contributed by atoms with van der Waals surface area (Å²) in [6.45, 7) is 24.8. The molecule has 16 heteroatoms. The predicted octanol–water partition coefficient (Wildman–Crippen LogP) is 1.14. The van der Waals surface area contributed by atoms with Crippen molar-refractivity contribution >= 4 is 23.8 Å². The molecule has 0 saturated carbocycles. The molecule has 1 saturated heterocycles. The second-order valence-electron chi connectivity index (χ2n) is 16.5. The van der Waals surface area contributed by atoms with Crippen LogP contribution in [0.3, 0.4) is 0 Å². The minimum absolute atomic E-state index is 0.0638. The Kier molecular flexibility index (Phi) is 24.3. The fourth-order valence-corrected chi connectivity index (χ4v) is 5.27. The van der Waals surface area contributed by atoms with Crippen molar-refractivity contribution in [2.75, 3.05) is 131 Å². The molecule has 0 aromatic carbocycles. The first-order valence-corrected chi connectivity index (χ1v) is 19.5. The van der Waals surface area contributed by atoms with Crippen molar-refractivity contribution in [2.24, 2.45) is 5.73 Å². The third-order valence-corrected chi connectivity index (χ3v) is 7.64. The lowest BCUT2D eigenvalue weighted by atomic mass is 10.2. The van der Waals surface area contributed by atoms with E-state index in [0.717, 1.165) is 6.42 Å². The molecule has 0 aromatic rings. The molecule has 0 aliphatic carbocycles. The minimum atomic E-state index is -0.632. The van der Waals surface area contributed by atoms with Crippen LogP contribution in [0, 0.1) is 0 Å². The number of hydrogen-bond donors (Lipinski definition) is 2. The van der Waals surface area contributed by atoms with Gasteiger partial charge in [-0.15, -0.1) is 0 Å². The van der Waals surface area contributed by atoms with E-state index in [2.05, 4.69) is 5.32 Å². The normalized spacial score (nSPS) is 16.6. The highest BCUT2D eigenvalue weighted by atomic mass is 16.6. The Balaban J connectivity index is 2.91. The zero-order chi connectivity index (χ0) is 40.6. The number of hydrogen-bond acceptors (Lipinski definition) is 15. The van der Waals surface area contributed by atoms with Crippen LogP contribution in [0.15, 0.2) is 0 Å². The first-order chi connectivity index (χ1) is 25.2. The topological polar surface area (TPSA) is 175 Å². The molecule has 16 nitrogen and oxygen atoms in total. The molecule has 0 spiro atoms. The van der Waals surface area contributed by atoms with E-state index in [1.165, 1.54) is 0 Å². The lowest BCUT2D eigenvalue weighted by Crippen LogP contribution is -2.50. The van der Waals surface area contributed by atoms with E-state index in [1.54, 1.807) is 0 Å². The van der Waals surface area contributed by atoms with Gasteiger partial charge in [-0.1, -0.05) is 0 Å². The summed E-state index contributed by atoms with van der Waals surface area (Å²) in [5.41, 5.74) is 3.55. The largest absolute Gasteiger partial charge is 0.459 e. The summed E-state index contributed by atoms with van der Waals surface area (Å²) in [6.07, 6.45) is 1.49. The summed E-state index contributed by atoms with van der Waals surface area (Å²) in [5.74, 6) is -1.16. The molecule has 0 aromatic heterocycles. The maximum Gasteiger partial charge on any atom is 0.320 e. The van der Waals surface area contributed by atoms with E-state index in [9.17, 15) is 19.2 Å². The van der Waals surface area contributed by atoms with Crippen LogP contribution < -0.4 is 11.1 Å². The highest BCUT2D eigenvalue weighted by Crippen LogP contribution is 2.11. The fourth-order valence-electron chi connectivity index (χ4n) is 5.27. The van der Waals surface area contributed by atoms with Crippen molar-refractivity contribution in [3.63, 3.8) is 0 Å². The van der Waals surface area contributed by atoms with Gasteiger partial charge in [0.15, 0.2) is 0 Å². The standard InChI is InChI=1S/C38H74N6O10/c1-36(2,3)52-33(46)29-42-16-14-41(28-32(45)40-13-11-23-50-25-27-51-26-24-49-22-10-12-39)15-17-43(30-34(47)53-37(4,5)6)19-21-44(20-18-42)31-35(48)54-38(7,8)9/h10-31,39H2,1-9H3,(H,40,45). The summed E-state index contributed by atoms with van der Waals surface area (Å²) in [4.78, 5) is 59.8. The summed E-state index contributed by atoms with van der Waals surface area (Å²) in [5, 5.41) is 2.99. The second kappa shape index (κ2) is 26.4. The van der Waals surface area contributed by atoms with Crippen molar-refractivity contribution < 1.29 is 47.6 Å². The van der Waals surface area contributed by atoms with Gasteiger partial charge in [0.1, 0.15) is 16.8 Å². The molecule has 0 unspecified atom stereocenters. The molecule has 3 N–H and O–H groups in total. The molecule has 316 valence electrons. The number of nitrogens with one attached hydrogen (secondary N) is 1. The Morgan fingerprint density at radius 3 is 1.09 bits per heavy atom. The molecule has 1 aliphatic rings. The van der Waals surface area contributed by atoms with Crippen LogP contribution in [0.2, 0.25) is 0 Å². The predicted molar refractivity (Wildman–Crippen MR) is 207 cm³/mol. The van der Waals surface area contributed by atoms with E-state index in [4.69, 9.17) is 34.2 Å². The molecule has 0 bridgehead atoms. The number of nitrogens with two attached hydrogens (primary N) is 1. The van der Waals surface area contributed by atoms with E-state index in [-0.39, 0.29) is 50.0 Å². The third kappa shape index (κ3) is 28.9. The molecule has 54 heavy (non-hydrogen) atoms. The first-order valence-electron chi connectivity index (χ1n) is 19.5. The van der Waals surface area contributed by atoms with Crippen molar-refractivity contribution in [2.45, 2.75) is 92.0 Å². The zero-order valence-electron chi connectivity index (χ0n) is 35.0. The molecule has 1 heterocycles. The van der Waals surface area contributed by atoms with Crippen molar-refractivity contribution in [1.82, 2.24) is 24.9 Å². The third-order valence-electron chi connectivity index (χ3n) is 7.64. The van der Waals surface area contributed by atoms with Crippen LogP contribution in [0.5, 0.6) is 0 Å². The Morgan fingerprint density at radius 2 is 0.778 bits per heavy atom. The number of rotatable bonds is 21. The quantitative estimate of drug-likeness (QED) is 0.0965. The van der Waals surface area contributed by atoms with Gasteiger partial charge in [-0.2, -0.15) is 0 Å². The Labute approximate surface area is 324 Å². The molecule has 1 fully saturated rings. The van der Waals surface area contributed by atoms with Gasteiger partial charge in [0.05, 0.1) is 52.6 Å². The van der Waals surface area contributed by atoms with Crippen molar-refractivity contribution in [3.8, 4) is 0 Å². The Bertz CT molecular complexity index is 1030. The van der Waals surface area contributed by atoms with Crippen LogP contribution in [0.1, 0.15) is 75.2 Å². The van der Waals surface area contributed by atoms with Gasteiger partial charge in [0, 0.05) is 72.1 Å². The summed E-state index contributed by atoms with van der Waals surface area (Å²) >= 11 is 0. The van der Waals surface area contributed by atoms with Gasteiger partial charge in [-0.3, -0.25) is 38.8 Å². The van der Waals surface area contributed by atoms with Crippen molar-refractivity contribution in [1.29, 1.82) is 0 Å². The van der Waals surface area contributed by atoms with E-state index >= 15 is 0 Å². The molecule has 1 aliphatic heterocycles. The number of amides is 1. The molecule has 0 atom stereocenters. The van der Waals surface area contributed by atoms with E-state index in [0.29, 0.717) is 112 Å². The van der Waals surface area contributed by atoms with Crippen LogP contribution in [-0.4, -0.2) is 191 Å². The number of carbonyl (C=O) groups is 4. The smallest absolute Gasteiger partial charge is 0.320 e. The summed E-state index contributed by atoms with van der Waals surface area (Å²) in [6, 6.07) is 0. The molecule has 0 radical (unpaired) electrons. The van der Waals surface area contributed by atoms with Crippen LogP contribution in [-0.2, 0) is 47.6 Å². The van der Waals surface area contributed by atoms with Crippen molar-refractivity contribution in [3.05, 3.63) is 0 Å². The number of ether oxygens (including phenoxy) is 6. The molecule has 1 rings (SSSR count). The minimum Gasteiger partial charge on any atom is -0.459 e.